The molecule has 0 aromatic heterocycles. The van der Waals surface area contributed by atoms with Gasteiger partial charge in [0.1, 0.15) is 0 Å². The quantitative estimate of drug-likeness (QED) is 0.0319. The highest BCUT2D eigenvalue weighted by Crippen LogP contribution is 2.43. The van der Waals surface area contributed by atoms with Crippen molar-refractivity contribution < 1.29 is 33.5 Å². The normalized spacial score (nSPS) is 15.1. The van der Waals surface area contributed by atoms with E-state index >= 15 is 0 Å². The molecule has 1 amide bonds. The molecule has 4 atom stereocenters. The van der Waals surface area contributed by atoms with Crippen LogP contribution in [0.25, 0.3) is 0 Å². The molecule has 0 bridgehead atoms. The maximum Gasteiger partial charge on any atom is 0.472 e. The molecule has 0 aliphatic carbocycles. The van der Waals surface area contributed by atoms with E-state index in [0.717, 1.165) is 50.4 Å². The fourth-order valence-electron chi connectivity index (χ4n) is 6.08. The Morgan fingerprint density at radius 2 is 1.00 bits per heavy atom. The van der Waals surface area contributed by atoms with Gasteiger partial charge in [0.2, 0.25) is 5.91 Å². The zero-order valence-electron chi connectivity index (χ0n) is 31.7. The van der Waals surface area contributed by atoms with E-state index in [1.165, 1.54) is 103 Å². The van der Waals surface area contributed by atoms with Crippen molar-refractivity contribution in [2.24, 2.45) is 17.6 Å². The molecule has 10 heteroatoms. The van der Waals surface area contributed by atoms with E-state index < -0.39 is 32.0 Å². The molecule has 0 aromatic rings. The van der Waals surface area contributed by atoms with Gasteiger partial charge < -0.3 is 26.2 Å². The summed E-state index contributed by atoms with van der Waals surface area (Å²) in [5.74, 6) is 1.19. The van der Waals surface area contributed by atoms with Gasteiger partial charge in [0.15, 0.2) is 0 Å². The summed E-state index contributed by atoms with van der Waals surface area (Å²) in [6.45, 7) is 8.67. The summed E-state index contributed by atoms with van der Waals surface area (Å²) in [6, 6.07) is -0.891. The van der Waals surface area contributed by atoms with Crippen LogP contribution in [-0.4, -0.2) is 59.0 Å². The number of unbranched alkanes of at least 4 members (excludes halogenated alkanes) is 18. The smallest absolute Gasteiger partial charge is 0.393 e. The van der Waals surface area contributed by atoms with Gasteiger partial charge in [0.25, 0.3) is 0 Å². The molecule has 0 aromatic carbocycles. The number of aliphatic hydroxyl groups excluding tert-OH is 2. The number of hydrogen-bond acceptors (Lipinski definition) is 7. The van der Waals surface area contributed by atoms with Gasteiger partial charge in [0.05, 0.1) is 37.9 Å². The lowest BCUT2D eigenvalue weighted by atomic mass is 10.0. The van der Waals surface area contributed by atoms with Gasteiger partial charge in [-0.3, -0.25) is 13.8 Å². The van der Waals surface area contributed by atoms with Gasteiger partial charge in [-0.05, 0) is 24.7 Å². The molecule has 4 unspecified atom stereocenters. The molecule has 0 heterocycles. The number of hydrogen-bond donors (Lipinski definition) is 5. The highest BCUT2D eigenvalue weighted by molar-refractivity contribution is 7.47. The van der Waals surface area contributed by atoms with Crippen LogP contribution in [-0.2, 0) is 18.4 Å². The predicted octanol–water partition coefficient (Wildman–Crippen LogP) is 9.35. The average Bonchev–Trinajstić information content (AvgIpc) is 3.02. The Labute approximate surface area is 295 Å². The van der Waals surface area contributed by atoms with Crippen molar-refractivity contribution in [2.75, 3.05) is 19.8 Å². The third-order valence-corrected chi connectivity index (χ3v) is 10.1. The molecule has 0 radical (unpaired) electrons. The Morgan fingerprint density at radius 3 is 1.40 bits per heavy atom. The fraction of sp³-hybridized carbons (Fsp3) is 0.974. The highest BCUT2D eigenvalue weighted by atomic mass is 31.2. The molecule has 0 aliphatic heterocycles. The lowest BCUT2D eigenvalue weighted by Crippen LogP contribution is -2.47. The Hall–Kier alpha value is -0.540. The first-order valence-electron chi connectivity index (χ1n) is 19.9. The van der Waals surface area contributed by atoms with Gasteiger partial charge in [-0.1, -0.05) is 169 Å². The minimum Gasteiger partial charge on any atom is -0.393 e. The monoisotopic (exact) mass is 707 g/mol. The van der Waals surface area contributed by atoms with E-state index in [1.807, 2.05) is 0 Å². The van der Waals surface area contributed by atoms with Crippen LogP contribution < -0.4 is 11.1 Å². The van der Waals surface area contributed by atoms with E-state index in [-0.39, 0.29) is 26.2 Å². The summed E-state index contributed by atoms with van der Waals surface area (Å²) in [4.78, 5) is 22.7. The number of phosphoric ester groups is 1. The third kappa shape index (κ3) is 32.7. The highest BCUT2D eigenvalue weighted by Gasteiger charge is 2.28. The molecule has 6 N–H and O–H groups in total. The second kappa shape index (κ2) is 32.4. The number of carbonyl (C=O) groups is 1. The lowest BCUT2D eigenvalue weighted by Gasteiger charge is -2.25. The molecule has 0 saturated carbocycles. The summed E-state index contributed by atoms with van der Waals surface area (Å²) in [6.07, 6.45) is 25.8. The Balaban J connectivity index is 4.34. The van der Waals surface area contributed by atoms with E-state index in [0.29, 0.717) is 12.8 Å². The second-order valence-corrected chi connectivity index (χ2v) is 16.5. The molecule has 9 nitrogen and oxygen atoms in total. The molecule has 0 fully saturated rings. The van der Waals surface area contributed by atoms with Gasteiger partial charge in [0, 0.05) is 6.54 Å². The van der Waals surface area contributed by atoms with Gasteiger partial charge >= 0.3 is 7.82 Å². The fourth-order valence-corrected chi connectivity index (χ4v) is 6.84. The summed E-state index contributed by atoms with van der Waals surface area (Å²) in [7, 11) is -4.37. The first-order chi connectivity index (χ1) is 23.0. The van der Waals surface area contributed by atoms with Crippen molar-refractivity contribution in [2.45, 2.75) is 206 Å². The second-order valence-electron chi connectivity index (χ2n) is 15.0. The maximum atomic E-state index is 12.8. The Morgan fingerprint density at radius 1 is 0.625 bits per heavy atom. The first-order valence-corrected chi connectivity index (χ1v) is 21.4. The average molecular weight is 707 g/mol. The molecular formula is C38H79N2O7P. The minimum absolute atomic E-state index is 0.0611. The molecule has 0 saturated heterocycles. The standard InChI is InChI=1S/C38H79N2O7P/c1-33(2)25-21-17-13-9-6-5-7-12-16-20-24-28-37(42)36(32-47-48(44,45)46-30-29-39)40-38(43)31-35(41)27-23-19-15-11-8-10-14-18-22-26-34(3)4/h33-37,41-42H,5-32,39H2,1-4H3,(H,40,43)(H,44,45). The molecule has 0 aliphatic rings. The van der Waals surface area contributed by atoms with Crippen molar-refractivity contribution in [3.05, 3.63) is 0 Å². The van der Waals surface area contributed by atoms with Crippen molar-refractivity contribution in [3.8, 4) is 0 Å². The summed E-state index contributed by atoms with van der Waals surface area (Å²) >= 11 is 0. The molecule has 0 spiro atoms. The largest absolute Gasteiger partial charge is 0.472 e. The number of aliphatic hydroxyl groups is 2. The van der Waals surface area contributed by atoms with Crippen LogP contribution in [0.3, 0.4) is 0 Å². The zero-order chi connectivity index (χ0) is 35.9. The summed E-state index contributed by atoms with van der Waals surface area (Å²) in [5.41, 5.74) is 5.36. The van der Waals surface area contributed by atoms with Crippen molar-refractivity contribution in [1.29, 1.82) is 0 Å². The molecule has 288 valence electrons. The number of nitrogens with two attached hydrogens (primary N) is 1. The van der Waals surface area contributed by atoms with Crippen molar-refractivity contribution in [1.82, 2.24) is 5.32 Å². The number of amides is 1. The summed E-state index contributed by atoms with van der Waals surface area (Å²) in [5, 5.41) is 24.1. The number of nitrogens with one attached hydrogen (secondary N) is 1. The zero-order valence-corrected chi connectivity index (χ0v) is 32.6. The maximum absolute atomic E-state index is 12.8. The van der Waals surface area contributed by atoms with Crippen molar-refractivity contribution in [3.63, 3.8) is 0 Å². The number of rotatable bonds is 36. The topological polar surface area (TPSA) is 151 Å². The Bertz CT molecular complexity index is 771. The molecular weight excluding hydrogens is 627 g/mol. The third-order valence-electron chi connectivity index (χ3n) is 9.12. The van der Waals surface area contributed by atoms with Crippen LogP contribution in [0, 0.1) is 11.8 Å². The Kier molecular flexibility index (Phi) is 32.0. The van der Waals surface area contributed by atoms with Crippen molar-refractivity contribution >= 4 is 13.7 Å². The van der Waals surface area contributed by atoms with Crippen LogP contribution in [0.4, 0.5) is 0 Å². The van der Waals surface area contributed by atoms with Crippen LogP contribution in [0.5, 0.6) is 0 Å². The number of phosphoric acid groups is 1. The van der Waals surface area contributed by atoms with Gasteiger partial charge in [-0.25, -0.2) is 4.57 Å². The van der Waals surface area contributed by atoms with Crippen LogP contribution in [0.15, 0.2) is 0 Å². The van der Waals surface area contributed by atoms with Crippen LogP contribution in [0.1, 0.15) is 188 Å². The van der Waals surface area contributed by atoms with Crippen LogP contribution in [0.2, 0.25) is 0 Å². The summed E-state index contributed by atoms with van der Waals surface area (Å²) < 4.78 is 22.1. The molecule has 48 heavy (non-hydrogen) atoms. The first kappa shape index (κ1) is 47.5. The van der Waals surface area contributed by atoms with E-state index in [2.05, 4.69) is 33.0 Å². The number of carbonyl (C=O) groups excluding carboxylic acids is 1. The predicted molar refractivity (Wildman–Crippen MR) is 200 cm³/mol. The SMILES string of the molecule is CC(C)CCCCCCCCCCCCCC(O)C(COP(=O)(O)OCCN)NC(=O)CC(O)CCCCCCCCCCCC(C)C. The van der Waals surface area contributed by atoms with E-state index in [1.54, 1.807) is 0 Å². The van der Waals surface area contributed by atoms with E-state index in [4.69, 9.17) is 14.8 Å². The van der Waals surface area contributed by atoms with Gasteiger partial charge in [-0.15, -0.1) is 0 Å². The van der Waals surface area contributed by atoms with Crippen LogP contribution >= 0.6 is 7.82 Å². The van der Waals surface area contributed by atoms with Gasteiger partial charge in [-0.2, -0.15) is 0 Å². The lowest BCUT2D eigenvalue weighted by molar-refractivity contribution is -0.125. The minimum atomic E-state index is -4.37. The van der Waals surface area contributed by atoms with E-state index in [9.17, 15) is 24.5 Å². The molecule has 0 rings (SSSR count).